The van der Waals surface area contributed by atoms with Crippen LogP contribution in [0.25, 0.3) is 0 Å². The number of piperidine rings is 1. The number of benzene rings is 1. The molecule has 1 aliphatic carbocycles. The molecule has 1 aliphatic heterocycles. The molecule has 0 spiro atoms. The zero-order chi connectivity index (χ0) is 19.4. The van der Waals surface area contributed by atoms with Crippen molar-refractivity contribution < 1.29 is 14.7 Å². The van der Waals surface area contributed by atoms with Crippen LogP contribution in [0.15, 0.2) is 24.3 Å². The maximum Gasteiger partial charge on any atom is 0.310 e. The molecule has 1 saturated heterocycles. The summed E-state index contributed by atoms with van der Waals surface area (Å²) in [7, 11) is 0. The lowest BCUT2D eigenvalue weighted by atomic mass is 9.64. The lowest BCUT2D eigenvalue weighted by Crippen LogP contribution is -2.53. The molecule has 1 aromatic carbocycles. The molecule has 27 heavy (non-hydrogen) atoms. The Kier molecular flexibility index (Phi) is 6.43. The van der Waals surface area contributed by atoms with Crippen LogP contribution in [0.2, 0.25) is 5.02 Å². The second-order valence-electron chi connectivity index (χ2n) is 8.06. The van der Waals surface area contributed by atoms with Crippen LogP contribution >= 0.6 is 11.6 Å². The smallest absolute Gasteiger partial charge is 0.310 e. The van der Waals surface area contributed by atoms with Crippen molar-refractivity contribution in [3.05, 3.63) is 34.9 Å². The number of carbonyl (C=O) groups is 2. The van der Waals surface area contributed by atoms with E-state index >= 15 is 0 Å². The first-order valence-electron chi connectivity index (χ1n) is 9.94. The molecule has 0 unspecified atom stereocenters. The van der Waals surface area contributed by atoms with Gasteiger partial charge in [0.25, 0.3) is 0 Å². The molecule has 3 N–H and O–H groups in total. The van der Waals surface area contributed by atoms with Gasteiger partial charge in [-0.3, -0.25) is 9.59 Å². The van der Waals surface area contributed by atoms with Gasteiger partial charge < -0.3 is 15.7 Å². The standard InChI is InChI=1S/C21H29ClN2O3/c22-17-8-6-15(7-9-17)14-18(23)19(25)24-12-10-21(11-13-24,20(26)27)16-4-2-1-3-5-16/h6-9,16,18H,1-5,10-14,23H2,(H,26,27)/t18-/m1/s1. The molecule has 2 fully saturated rings. The molecule has 1 heterocycles. The van der Waals surface area contributed by atoms with Gasteiger partial charge in [-0.15, -0.1) is 0 Å². The summed E-state index contributed by atoms with van der Waals surface area (Å²) in [4.78, 5) is 26.6. The fourth-order valence-electron chi connectivity index (χ4n) is 4.77. The molecule has 1 saturated carbocycles. The lowest BCUT2D eigenvalue weighted by Gasteiger charge is -2.45. The van der Waals surface area contributed by atoms with Crippen LogP contribution < -0.4 is 5.73 Å². The Balaban J connectivity index is 1.60. The van der Waals surface area contributed by atoms with Crippen molar-refractivity contribution in [3.8, 4) is 0 Å². The van der Waals surface area contributed by atoms with Crippen molar-refractivity contribution in [2.24, 2.45) is 17.1 Å². The van der Waals surface area contributed by atoms with Gasteiger partial charge in [0.1, 0.15) is 0 Å². The van der Waals surface area contributed by atoms with Crippen LogP contribution in [-0.2, 0) is 16.0 Å². The number of halogens is 1. The number of aliphatic carboxylic acids is 1. The van der Waals surface area contributed by atoms with E-state index in [2.05, 4.69) is 0 Å². The Morgan fingerprint density at radius 2 is 1.74 bits per heavy atom. The van der Waals surface area contributed by atoms with Gasteiger partial charge in [0.2, 0.25) is 5.91 Å². The predicted octanol–water partition coefficient (Wildman–Crippen LogP) is 3.48. The third-order valence-corrected chi connectivity index (χ3v) is 6.72. The van der Waals surface area contributed by atoms with Gasteiger partial charge in [-0.1, -0.05) is 43.0 Å². The number of nitrogens with two attached hydrogens (primary N) is 1. The minimum Gasteiger partial charge on any atom is -0.481 e. The van der Waals surface area contributed by atoms with Crippen LogP contribution in [0.5, 0.6) is 0 Å². The molecule has 1 atom stereocenters. The highest BCUT2D eigenvalue weighted by Gasteiger charge is 2.48. The van der Waals surface area contributed by atoms with Crippen molar-refractivity contribution >= 4 is 23.5 Å². The zero-order valence-electron chi connectivity index (χ0n) is 15.7. The van der Waals surface area contributed by atoms with Crippen LogP contribution in [0.4, 0.5) is 0 Å². The number of nitrogens with zero attached hydrogens (tertiary/aromatic N) is 1. The Morgan fingerprint density at radius 1 is 1.15 bits per heavy atom. The highest BCUT2D eigenvalue weighted by molar-refractivity contribution is 6.30. The Morgan fingerprint density at radius 3 is 2.30 bits per heavy atom. The van der Waals surface area contributed by atoms with Crippen LogP contribution in [-0.4, -0.2) is 41.0 Å². The van der Waals surface area contributed by atoms with E-state index in [1.807, 2.05) is 12.1 Å². The van der Waals surface area contributed by atoms with Gasteiger partial charge in [-0.2, -0.15) is 0 Å². The minimum atomic E-state index is -0.688. The van der Waals surface area contributed by atoms with E-state index < -0.39 is 17.4 Å². The SMILES string of the molecule is N[C@H](Cc1ccc(Cl)cc1)C(=O)N1CCC(C(=O)O)(C2CCCCC2)CC1. The fourth-order valence-corrected chi connectivity index (χ4v) is 4.90. The topological polar surface area (TPSA) is 83.6 Å². The first-order chi connectivity index (χ1) is 12.9. The summed E-state index contributed by atoms with van der Waals surface area (Å²) in [6, 6.07) is 6.73. The maximum absolute atomic E-state index is 12.8. The van der Waals surface area contributed by atoms with Crippen molar-refractivity contribution in [1.29, 1.82) is 0 Å². The molecular weight excluding hydrogens is 364 g/mol. The summed E-state index contributed by atoms with van der Waals surface area (Å²) in [5.74, 6) is -0.539. The summed E-state index contributed by atoms with van der Waals surface area (Å²) in [6.07, 6.45) is 6.96. The van der Waals surface area contributed by atoms with Crippen molar-refractivity contribution in [2.45, 2.75) is 57.4 Å². The molecule has 1 amide bonds. The molecule has 0 radical (unpaired) electrons. The first kappa shape index (κ1) is 20.2. The summed E-state index contributed by atoms with van der Waals surface area (Å²) < 4.78 is 0. The minimum absolute atomic E-state index is 0.0902. The van der Waals surface area contributed by atoms with E-state index in [9.17, 15) is 14.7 Å². The summed E-state index contributed by atoms with van der Waals surface area (Å²) in [6.45, 7) is 0.964. The van der Waals surface area contributed by atoms with Gasteiger partial charge in [-0.05, 0) is 55.7 Å². The van der Waals surface area contributed by atoms with Gasteiger partial charge in [-0.25, -0.2) is 0 Å². The lowest BCUT2D eigenvalue weighted by molar-refractivity contribution is -0.160. The zero-order valence-corrected chi connectivity index (χ0v) is 16.5. The molecule has 0 bridgehead atoms. The normalized spacial score (nSPS) is 21.6. The second-order valence-corrected chi connectivity index (χ2v) is 8.50. The summed E-state index contributed by atoms with van der Waals surface area (Å²) in [5, 5.41) is 10.6. The first-order valence-corrected chi connectivity index (χ1v) is 10.3. The van der Waals surface area contributed by atoms with Crippen molar-refractivity contribution in [3.63, 3.8) is 0 Å². The largest absolute Gasteiger partial charge is 0.481 e. The molecule has 0 aromatic heterocycles. The quantitative estimate of drug-likeness (QED) is 0.803. The van der Waals surface area contributed by atoms with Crippen LogP contribution in [0.1, 0.15) is 50.5 Å². The van der Waals surface area contributed by atoms with E-state index in [1.165, 1.54) is 6.42 Å². The van der Waals surface area contributed by atoms with E-state index in [0.29, 0.717) is 37.4 Å². The molecule has 148 valence electrons. The third-order valence-electron chi connectivity index (χ3n) is 6.47. The maximum atomic E-state index is 12.8. The number of rotatable bonds is 5. The summed E-state index contributed by atoms with van der Waals surface area (Å²) >= 11 is 5.89. The van der Waals surface area contributed by atoms with Gasteiger partial charge in [0.05, 0.1) is 11.5 Å². The Hall–Kier alpha value is -1.59. The number of carboxylic acids is 1. The van der Waals surface area contributed by atoms with E-state index in [1.54, 1.807) is 17.0 Å². The van der Waals surface area contributed by atoms with E-state index in [0.717, 1.165) is 31.2 Å². The van der Waals surface area contributed by atoms with Crippen molar-refractivity contribution in [2.75, 3.05) is 13.1 Å². The molecular formula is C21H29ClN2O3. The summed E-state index contributed by atoms with van der Waals surface area (Å²) in [5.41, 5.74) is 6.45. The molecule has 1 aromatic rings. The van der Waals surface area contributed by atoms with Gasteiger partial charge in [0.15, 0.2) is 0 Å². The van der Waals surface area contributed by atoms with Crippen LogP contribution in [0, 0.1) is 11.3 Å². The van der Waals surface area contributed by atoms with Crippen LogP contribution in [0.3, 0.4) is 0 Å². The third kappa shape index (κ3) is 4.46. The number of hydrogen-bond donors (Lipinski definition) is 2. The Bertz CT molecular complexity index is 663. The fraction of sp³-hybridized carbons (Fsp3) is 0.619. The Labute approximate surface area is 165 Å². The van der Waals surface area contributed by atoms with Gasteiger partial charge >= 0.3 is 5.97 Å². The molecule has 6 heteroatoms. The monoisotopic (exact) mass is 392 g/mol. The number of likely N-dealkylation sites (tertiary alicyclic amines) is 1. The van der Waals surface area contributed by atoms with Gasteiger partial charge in [0, 0.05) is 18.1 Å². The number of carbonyl (C=O) groups excluding carboxylic acids is 1. The predicted molar refractivity (Wildman–Crippen MR) is 106 cm³/mol. The molecule has 2 aliphatic rings. The highest BCUT2D eigenvalue weighted by atomic mass is 35.5. The molecule has 3 rings (SSSR count). The average molecular weight is 393 g/mol. The van der Waals surface area contributed by atoms with E-state index in [-0.39, 0.29) is 11.8 Å². The molecule has 5 nitrogen and oxygen atoms in total. The second kappa shape index (κ2) is 8.61. The van der Waals surface area contributed by atoms with E-state index in [4.69, 9.17) is 17.3 Å². The average Bonchev–Trinajstić information content (AvgIpc) is 2.69. The number of amides is 1. The number of carboxylic acid groups (broad SMARTS) is 1. The van der Waals surface area contributed by atoms with Crippen molar-refractivity contribution in [1.82, 2.24) is 4.90 Å². The highest BCUT2D eigenvalue weighted by Crippen LogP contribution is 2.46. The number of hydrogen-bond acceptors (Lipinski definition) is 3.